The van der Waals surface area contributed by atoms with Gasteiger partial charge >= 0.3 is 5.97 Å². The largest absolute Gasteiger partial charge is 0.493 e. The van der Waals surface area contributed by atoms with Crippen LogP contribution in [-0.4, -0.2) is 30.9 Å². The van der Waals surface area contributed by atoms with Crippen molar-refractivity contribution in [3.63, 3.8) is 0 Å². The Morgan fingerprint density at radius 1 is 1.07 bits per heavy atom. The molecule has 152 valence electrons. The first kappa shape index (κ1) is 22.6. The molecule has 2 aromatic rings. The van der Waals surface area contributed by atoms with E-state index in [4.69, 9.17) is 49.0 Å². The normalized spacial score (nSPS) is 12.5. The molecule has 0 aromatic heterocycles. The van der Waals surface area contributed by atoms with Gasteiger partial charge in [0.15, 0.2) is 17.6 Å². The first-order valence-corrected chi connectivity index (χ1v) is 9.68. The van der Waals surface area contributed by atoms with E-state index in [0.717, 1.165) is 11.1 Å². The highest BCUT2D eigenvalue weighted by Gasteiger charge is 2.22. The van der Waals surface area contributed by atoms with Gasteiger partial charge in [0.2, 0.25) is 3.79 Å². The van der Waals surface area contributed by atoms with Gasteiger partial charge in [0.05, 0.1) is 7.11 Å². The molecule has 5 nitrogen and oxygen atoms in total. The minimum atomic E-state index is -1.47. The number of methoxy groups -OCH3 is 1. The Morgan fingerprint density at radius 2 is 1.71 bits per heavy atom. The molecular formula is C20H21Cl3O5. The molecule has 0 aliphatic heterocycles. The SMILES string of the molecule is CCOC(Cc1ccc(OC)c(OCc2ccc(C(Cl)(Cl)Cl)cc2)c1)C(=O)O. The van der Waals surface area contributed by atoms with Crippen LogP contribution in [0.5, 0.6) is 11.5 Å². The average Bonchev–Trinajstić information content (AvgIpc) is 2.65. The maximum Gasteiger partial charge on any atom is 0.333 e. The Bertz CT molecular complexity index is 787. The van der Waals surface area contributed by atoms with Gasteiger partial charge in [-0.1, -0.05) is 65.1 Å². The van der Waals surface area contributed by atoms with Crippen molar-refractivity contribution in [1.82, 2.24) is 0 Å². The van der Waals surface area contributed by atoms with Crippen LogP contribution in [0.25, 0.3) is 0 Å². The van der Waals surface area contributed by atoms with Gasteiger partial charge in [-0.2, -0.15) is 0 Å². The summed E-state index contributed by atoms with van der Waals surface area (Å²) in [4.78, 5) is 11.3. The smallest absolute Gasteiger partial charge is 0.333 e. The van der Waals surface area contributed by atoms with Gasteiger partial charge in [0.1, 0.15) is 6.61 Å². The third-order valence-corrected chi connectivity index (χ3v) is 4.62. The van der Waals surface area contributed by atoms with Crippen LogP contribution in [0.2, 0.25) is 0 Å². The summed E-state index contributed by atoms with van der Waals surface area (Å²) in [5.41, 5.74) is 2.21. The second kappa shape index (κ2) is 10.2. The third kappa shape index (κ3) is 6.45. The summed E-state index contributed by atoms with van der Waals surface area (Å²) in [5, 5.41) is 9.26. The minimum absolute atomic E-state index is 0.224. The fourth-order valence-corrected chi connectivity index (χ4v) is 2.92. The molecule has 0 radical (unpaired) electrons. The highest BCUT2D eigenvalue weighted by Crippen LogP contribution is 2.38. The number of halogens is 3. The molecule has 0 heterocycles. The van der Waals surface area contributed by atoms with Gasteiger partial charge < -0.3 is 19.3 Å². The lowest BCUT2D eigenvalue weighted by atomic mass is 10.1. The molecule has 28 heavy (non-hydrogen) atoms. The third-order valence-electron chi connectivity index (χ3n) is 3.97. The quantitative estimate of drug-likeness (QED) is 0.540. The van der Waals surface area contributed by atoms with Crippen LogP contribution in [0, 0.1) is 0 Å². The lowest BCUT2D eigenvalue weighted by Gasteiger charge is -2.16. The molecular weight excluding hydrogens is 427 g/mol. The minimum Gasteiger partial charge on any atom is -0.493 e. The molecule has 0 fully saturated rings. The first-order valence-electron chi connectivity index (χ1n) is 8.54. The van der Waals surface area contributed by atoms with Gasteiger partial charge in [0.25, 0.3) is 0 Å². The molecule has 0 aliphatic rings. The molecule has 1 unspecified atom stereocenters. The van der Waals surface area contributed by atoms with E-state index >= 15 is 0 Å². The summed E-state index contributed by atoms with van der Waals surface area (Å²) < 4.78 is 15.0. The molecule has 0 amide bonds. The highest BCUT2D eigenvalue weighted by molar-refractivity contribution is 6.66. The van der Waals surface area contributed by atoms with Crippen molar-refractivity contribution in [3.8, 4) is 11.5 Å². The van der Waals surface area contributed by atoms with Crippen molar-refractivity contribution >= 4 is 40.8 Å². The fraction of sp³-hybridized carbons (Fsp3) is 0.350. The Morgan fingerprint density at radius 3 is 2.25 bits per heavy atom. The van der Waals surface area contributed by atoms with E-state index in [0.29, 0.717) is 23.7 Å². The molecule has 0 saturated heterocycles. The average molecular weight is 448 g/mol. The predicted molar refractivity (Wildman–Crippen MR) is 110 cm³/mol. The molecule has 1 N–H and O–H groups in total. The van der Waals surface area contributed by atoms with Crippen molar-refractivity contribution < 1.29 is 24.1 Å². The second-order valence-corrected chi connectivity index (χ2v) is 8.24. The number of hydrogen-bond donors (Lipinski definition) is 1. The molecule has 8 heteroatoms. The van der Waals surface area contributed by atoms with Crippen molar-refractivity contribution in [2.24, 2.45) is 0 Å². The number of benzene rings is 2. The number of alkyl halides is 3. The number of carboxylic acid groups (broad SMARTS) is 1. The van der Waals surface area contributed by atoms with Crippen LogP contribution in [0.15, 0.2) is 42.5 Å². The van der Waals surface area contributed by atoms with E-state index in [2.05, 4.69) is 0 Å². The van der Waals surface area contributed by atoms with Crippen LogP contribution in [0.1, 0.15) is 23.6 Å². The maximum atomic E-state index is 11.3. The Balaban J connectivity index is 2.12. The number of rotatable bonds is 9. The molecule has 0 saturated carbocycles. The van der Waals surface area contributed by atoms with Crippen molar-refractivity contribution in [2.75, 3.05) is 13.7 Å². The van der Waals surface area contributed by atoms with Gasteiger partial charge in [0, 0.05) is 18.6 Å². The lowest BCUT2D eigenvalue weighted by molar-refractivity contribution is -0.149. The van der Waals surface area contributed by atoms with Crippen LogP contribution in [-0.2, 0) is 26.4 Å². The van der Waals surface area contributed by atoms with E-state index in [1.807, 2.05) is 12.1 Å². The molecule has 0 aliphatic carbocycles. The molecule has 1 atom stereocenters. The zero-order valence-corrected chi connectivity index (χ0v) is 17.7. The topological polar surface area (TPSA) is 65.0 Å². The van der Waals surface area contributed by atoms with Crippen molar-refractivity contribution in [1.29, 1.82) is 0 Å². The monoisotopic (exact) mass is 446 g/mol. The second-order valence-electron chi connectivity index (χ2n) is 5.95. The molecule has 0 bridgehead atoms. The van der Waals surface area contributed by atoms with E-state index in [1.165, 1.54) is 7.11 Å². The number of hydrogen-bond acceptors (Lipinski definition) is 4. The van der Waals surface area contributed by atoms with Gasteiger partial charge in [-0.15, -0.1) is 0 Å². The molecule has 2 aromatic carbocycles. The lowest BCUT2D eigenvalue weighted by Crippen LogP contribution is -2.26. The Kier molecular flexibility index (Phi) is 8.25. The fourth-order valence-electron chi connectivity index (χ4n) is 2.54. The summed E-state index contributed by atoms with van der Waals surface area (Å²) in [6, 6.07) is 12.3. The van der Waals surface area contributed by atoms with Gasteiger partial charge in [-0.3, -0.25) is 0 Å². The number of carbonyl (C=O) groups is 1. The number of carboxylic acids is 1. The van der Waals surface area contributed by atoms with Crippen molar-refractivity contribution in [2.45, 2.75) is 29.8 Å². The predicted octanol–water partition coefficient (Wildman–Crippen LogP) is 5.13. The van der Waals surface area contributed by atoms with Crippen LogP contribution >= 0.6 is 34.8 Å². The van der Waals surface area contributed by atoms with E-state index in [-0.39, 0.29) is 13.0 Å². The first-order chi connectivity index (χ1) is 13.2. The van der Waals surface area contributed by atoms with E-state index in [1.54, 1.807) is 37.3 Å². The number of aliphatic carboxylic acids is 1. The van der Waals surface area contributed by atoms with E-state index < -0.39 is 15.9 Å². The molecule has 2 rings (SSSR count). The summed E-state index contributed by atoms with van der Waals surface area (Å²) in [5.74, 6) is 0.0465. The van der Waals surface area contributed by atoms with E-state index in [9.17, 15) is 9.90 Å². The van der Waals surface area contributed by atoms with Gasteiger partial charge in [-0.05, 0) is 30.2 Å². The summed E-state index contributed by atoms with van der Waals surface area (Å²) in [7, 11) is 1.54. The summed E-state index contributed by atoms with van der Waals surface area (Å²) in [6.07, 6.45) is -0.692. The zero-order chi connectivity index (χ0) is 20.7. The van der Waals surface area contributed by atoms with Crippen LogP contribution in [0.3, 0.4) is 0 Å². The Labute approximate surface area is 179 Å². The van der Waals surface area contributed by atoms with Crippen LogP contribution < -0.4 is 9.47 Å². The maximum absolute atomic E-state index is 11.3. The zero-order valence-electron chi connectivity index (χ0n) is 15.5. The van der Waals surface area contributed by atoms with Gasteiger partial charge in [-0.25, -0.2) is 4.79 Å². The standard InChI is InChI=1S/C20H21Cl3O5/c1-3-27-18(19(24)25)11-14-6-9-16(26-2)17(10-14)28-12-13-4-7-15(8-5-13)20(21,22)23/h4-10,18H,3,11-12H2,1-2H3,(H,24,25). The number of ether oxygens (including phenoxy) is 3. The summed E-state index contributed by atoms with van der Waals surface area (Å²) >= 11 is 17.6. The Hall–Kier alpha value is -1.66. The summed E-state index contributed by atoms with van der Waals surface area (Å²) in [6.45, 7) is 2.35. The highest BCUT2D eigenvalue weighted by atomic mass is 35.6. The molecule has 0 spiro atoms. The van der Waals surface area contributed by atoms with Crippen molar-refractivity contribution in [3.05, 3.63) is 59.2 Å². The van der Waals surface area contributed by atoms with Crippen LogP contribution in [0.4, 0.5) is 0 Å².